The van der Waals surface area contributed by atoms with Crippen LogP contribution in [0.1, 0.15) is 43.4 Å². The van der Waals surface area contributed by atoms with Gasteiger partial charge < -0.3 is 10.9 Å². The van der Waals surface area contributed by atoms with Gasteiger partial charge in [-0.25, -0.2) is 4.98 Å². The number of amidine groups is 1. The third kappa shape index (κ3) is 3.38. The van der Waals surface area contributed by atoms with Crippen LogP contribution in [-0.2, 0) is 0 Å². The van der Waals surface area contributed by atoms with E-state index in [0.717, 1.165) is 16.3 Å². The second-order valence-electron chi connectivity index (χ2n) is 4.70. The molecule has 0 aliphatic heterocycles. The van der Waals surface area contributed by atoms with E-state index in [2.05, 4.69) is 10.1 Å². The maximum Gasteiger partial charge on any atom is 0.170 e. The zero-order chi connectivity index (χ0) is 13.0. The molecule has 1 heterocycles. The first-order valence-electron chi connectivity index (χ1n) is 6.32. The number of rotatable bonds is 3. The normalized spacial score (nSPS) is 17.9. The minimum absolute atomic E-state index is 0.144. The first-order chi connectivity index (χ1) is 8.69. The highest BCUT2D eigenvalue weighted by molar-refractivity contribution is 7.99. The minimum Gasteiger partial charge on any atom is -0.409 e. The number of nitrogens with zero attached hydrogens (tertiary/aromatic N) is 2. The molecule has 4 nitrogen and oxygen atoms in total. The van der Waals surface area contributed by atoms with Crippen LogP contribution in [0.15, 0.2) is 22.3 Å². The van der Waals surface area contributed by atoms with Crippen molar-refractivity contribution in [2.75, 3.05) is 0 Å². The minimum atomic E-state index is 0.144. The molecule has 1 aromatic rings. The van der Waals surface area contributed by atoms with Crippen molar-refractivity contribution in [3.63, 3.8) is 0 Å². The number of aromatic nitrogens is 1. The molecule has 1 aliphatic carbocycles. The highest BCUT2D eigenvalue weighted by Gasteiger charge is 2.16. The molecule has 5 heteroatoms. The van der Waals surface area contributed by atoms with Crippen molar-refractivity contribution in [3.05, 3.63) is 23.4 Å². The van der Waals surface area contributed by atoms with E-state index in [1.54, 1.807) is 0 Å². The van der Waals surface area contributed by atoms with Gasteiger partial charge in [-0.1, -0.05) is 24.4 Å². The molecule has 0 bridgehead atoms. The Morgan fingerprint density at radius 1 is 1.39 bits per heavy atom. The zero-order valence-corrected chi connectivity index (χ0v) is 11.4. The molecule has 0 saturated heterocycles. The van der Waals surface area contributed by atoms with Gasteiger partial charge in [-0.05, 0) is 31.9 Å². The fraction of sp³-hybridized carbons (Fsp3) is 0.538. The Morgan fingerprint density at radius 3 is 2.78 bits per heavy atom. The van der Waals surface area contributed by atoms with Gasteiger partial charge >= 0.3 is 0 Å². The topological polar surface area (TPSA) is 71.5 Å². The van der Waals surface area contributed by atoms with Crippen molar-refractivity contribution in [1.82, 2.24) is 4.98 Å². The quantitative estimate of drug-likeness (QED) is 0.381. The number of aryl methyl sites for hydroxylation is 1. The number of thioether (sulfide) groups is 1. The van der Waals surface area contributed by atoms with Crippen LogP contribution >= 0.6 is 11.8 Å². The summed E-state index contributed by atoms with van der Waals surface area (Å²) in [5.74, 6) is 0.144. The number of nitrogens with two attached hydrogens (primary N) is 1. The first kappa shape index (κ1) is 13.2. The van der Waals surface area contributed by atoms with E-state index in [-0.39, 0.29) is 5.84 Å². The van der Waals surface area contributed by atoms with Crippen LogP contribution in [0.25, 0.3) is 0 Å². The van der Waals surface area contributed by atoms with Crippen molar-refractivity contribution in [2.24, 2.45) is 10.9 Å². The molecular formula is C13H19N3OS. The Balaban J connectivity index is 2.14. The molecule has 18 heavy (non-hydrogen) atoms. The molecule has 2 rings (SSSR count). The molecule has 1 aromatic heterocycles. The van der Waals surface area contributed by atoms with Crippen LogP contribution in [-0.4, -0.2) is 21.3 Å². The summed E-state index contributed by atoms with van der Waals surface area (Å²) in [5.41, 5.74) is 7.27. The molecule has 0 aromatic carbocycles. The Hall–Kier alpha value is -1.23. The molecule has 1 fully saturated rings. The molecule has 98 valence electrons. The van der Waals surface area contributed by atoms with Gasteiger partial charge in [0.15, 0.2) is 5.84 Å². The SMILES string of the molecule is Cc1cc(/C(N)=N/O)cc(SC2CCCCC2)n1. The Kier molecular flexibility index (Phi) is 4.47. The van der Waals surface area contributed by atoms with E-state index < -0.39 is 0 Å². The second-order valence-corrected chi connectivity index (χ2v) is 6.02. The van der Waals surface area contributed by atoms with Gasteiger partial charge in [0.25, 0.3) is 0 Å². The summed E-state index contributed by atoms with van der Waals surface area (Å²) in [6.45, 7) is 1.93. The maximum absolute atomic E-state index is 8.73. The summed E-state index contributed by atoms with van der Waals surface area (Å²) in [4.78, 5) is 4.52. The highest BCUT2D eigenvalue weighted by atomic mass is 32.2. The Morgan fingerprint density at radius 2 is 2.11 bits per heavy atom. The third-order valence-corrected chi connectivity index (χ3v) is 4.43. The monoisotopic (exact) mass is 265 g/mol. The van der Waals surface area contributed by atoms with Gasteiger partial charge in [0.05, 0.1) is 5.03 Å². The molecule has 0 radical (unpaired) electrons. The average Bonchev–Trinajstić information content (AvgIpc) is 2.38. The van der Waals surface area contributed by atoms with E-state index in [1.165, 1.54) is 32.1 Å². The van der Waals surface area contributed by atoms with E-state index in [9.17, 15) is 0 Å². The van der Waals surface area contributed by atoms with Gasteiger partial charge in [0.1, 0.15) is 0 Å². The van der Waals surface area contributed by atoms with Crippen molar-refractivity contribution in [2.45, 2.75) is 49.3 Å². The van der Waals surface area contributed by atoms with Gasteiger partial charge in [-0.3, -0.25) is 0 Å². The van der Waals surface area contributed by atoms with Crippen molar-refractivity contribution < 1.29 is 5.21 Å². The Labute approximate surface area is 112 Å². The van der Waals surface area contributed by atoms with Crippen LogP contribution in [0.5, 0.6) is 0 Å². The molecular weight excluding hydrogens is 246 g/mol. The zero-order valence-electron chi connectivity index (χ0n) is 10.6. The first-order valence-corrected chi connectivity index (χ1v) is 7.20. The Bertz CT molecular complexity index is 442. The molecule has 0 unspecified atom stereocenters. The summed E-state index contributed by atoms with van der Waals surface area (Å²) in [5, 5.41) is 13.4. The summed E-state index contributed by atoms with van der Waals surface area (Å²) in [7, 11) is 0. The predicted octanol–water partition coefficient (Wildman–Crippen LogP) is 2.91. The number of hydrogen-bond acceptors (Lipinski definition) is 4. The van der Waals surface area contributed by atoms with Gasteiger partial charge in [-0.15, -0.1) is 11.8 Å². The van der Waals surface area contributed by atoms with Crippen LogP contribution in [0, 0.1) is 6.92 Å². The molecule has 3 N–H and O–H groups in total. The van der Waals surface area contributed by atoms with Crippen molar-refractivity contribution >= 4 is 17.6 Å². The third-order valence-electron chi connectivity index (χ3n) is 3.17. The van der Waals surface area contributed by atoms with E-state index in [1.807, 2.05) is 30.8 Å². The van der Waals surface area contributed by atoms with Crippen LogP contribution in [0.4, 0.5) is 0 Å². The molecule has 1 aliphatic rings. The van der Waals surface area contributed by atoms with E-state index in [4.69, 9.17) is 10.9 Å². The summed E-state index contributed by atoms with van der Waals surface area (Å²) in [6, 6.07) is 3.74. The number of hydrogen-bond donors (Lipinski definition) is 2. The maximum atomic E-state index is 8.73. The summed E-state index contributed by atoms with van der Waals surface area (Å²) in [6.07, 6.45) is 6.51. The molecule has 0 atom stereocenters. The lowest BCUT2D eigenvalue weighted by Crippen LogP contribution is -2.14. The number of pyridine rings is 1. The van der Waals surface area contributed by atoms with Crippen LogP contribution in [0.3, 0.4) is 0 Å². The molecule has 1 saturated carbocycles. The van der Waals surface area contributed by atoms with Crippen molar-refractivity contribution in [3.8, 4) is 0 Å². The second kappa shape index (κ2) is 6.09. The molecule has 0 spiro atoms. The van der Waals surface area contributed by atoms with E-state index >= 15 is 0 Å². The lowest BCUT2D eigenvalue weighted by molar-refractivity contribution is 0.318. The highest BCUT2D eigenvalue weighted by Crippen LogP contribution is 2.33. The van der Waals surface area contributed by atoms with E-state index in [0.29, 0.717) is 5.25 Å². The smallest absolute Gasteiger partial charge is 0.170 e. The number of oxime groups is 1. The largest absolute Gasteiger partial charge is 0.409 e. The lowest BCUT2D eigenvalue weighted by atomic mass is 10.0. The van der Waals surface area contributed by atoms with Gasteiger partial charge in [-0.2, -0.15) is 0 Å². The molecule has 0 amide bonds. The average molecular weight is 265 g/mol. The predicted molar refractivity (Wildman–Crippen MR) is 74.2 cm³/mol. The summed E-state index contributed by atoms with van der Waals surface area (Å²) < 4.78 is 0. The fourth-order valence-corrected chi connectivity index (χ4v) is 3.56. The van der Waals surface area contributed by atoms with Crippen LogP contribution in [0.2, 0.25) is 0 Å². The summed E-state index contributed by atoms with van der Waals surface area (Å²) >= 11 is 1.82. The fourth-order valence-electron chi connectivity index (χ4n) is 2.26. The van der Waals surface area contributed by atoms with Crippen molar-refractivity contribution in [1.29, 1.82) is 0 Å². The van der Waals surface area contributed by atoms with Crippen LogP contribution < -0.4 is 5.73 Å². The lowest BCUT2D eigenvalue weighted by Gasteiger charge is -2.20. The van der Waals surface area contributed by atoms with Gasteiger partial charge in [0, 0.05) is 16.5 Å². The van der Waals surface area contributed by atoms with Gasteiger partial charge in [0.2, 0.25) is 0 Å². The standard InChI is InChI=1S/C13H19N3OS/c1-9-7-10(13(14)16-17)8-12(15-9)18-11-5-3-2-4-6-11/h7-8,11,17H,2-6H2,1H3,(H2,14,16).